The molecule has 0 saturated heterocycles. The summed E-state index contributed by atoms with van der Waals surface area (Å²) >= 11 is 13.2. The molecule has 1 aromatic carbocycles. The first kappa shape index (κ1) is 28.0. The van der Waals surface area contributed by atoms with Gasteiger partial charge in [0.1, 0.15) is 0 Å². The number of rotatable bonds is 12. The summed E-state index contributed by atoms with van der Waals surface area (Å²) < 4.78 is 0. The summed E-state index contributed by atoms with van der Waals surface area (Å²) in [5.41, 5.74) is 6.55. The number of carbonyl (C=O) groups excluding carboxylic acids is 1. The molecule has 1 atom stereocenters. The normalized spacial score (nSPS) is 14.8. The number of anilines is 1. The van der Waals surface area contributed by atoms with E-state index in [2.05, 4.69) is 38.6 Å². The van der Waals surface area contributed by atoms with Gasteiger partial charge < -0.3 is 5.32 Å². The predicted octanol–water partition coefficient (Wildman–Crippen LogP) is 9.71. The summed E-state index contributed by atoms with van der Waals surface area (Å²) in [6.45, 7) is 20.5. The van der Waals surface area contributed by atoms with Crippen LogP contribution in [-0.4, -0.2) is 5.91 Å². The molecule has 34 heavy (non-hydrogen) atoms. The van der Waals surface area contributed by atoms with E-state index in [0.717, 1.165) is 76.6 Å². The molecule has 0 spiro atoms. The molecule has 0 saturated carbocycles. The third-order valence-corrected chi connectivity index (χ3v) is 6.90. The molecule has 0 heterocycles. The predicted molar refractivity (Wildman–Crippen MR) is 150 cm³/mol. The van der Waals surface area contributed by atoms with Gasteiger partial charge in [0, 0.05) is 27.7 Å². The van der Waals surface area contributed by atoms with Gasteiger partial charge in [0.2, 0.25) is 0 Å². The summed E-state index contributed by atoms with van der Waals surface area (Å²) in [7, 11) is 0. The Morgan fingerprint density at radius 3 is 2.59 bits per heavy atom. The highest BCUT2D eigenvalue weighted by molar-refractivity contribution is 6.35. The van der Waals surface area contributed by atoms with Crippen molar-refractivity contribution in [2.75, 3.05) is 5.32 Å². The van der Waals surface area contributed by atoms with E-state index in [1.807, 2.05) is 37.3 Å². The Morgan fingerprint density at radius 2 is 1.91 bits per heavy atom. The third kappa shape index (κ3) is 8.49. The Balaban J connectivity index is 2.00. The van der Waals surface area contributed by atoms with Crippen LogP contribution >= 0.6 is 23.2 Å². The van der Waals surface area contributed by atoms with Crippen LogP contribution in [0.15, 0.2) is 89.0 Å². The van der Waals surface area contributed by atoms with Gasteiger partial charge in [-0.2, -0.15) is 0 Å². The number of carbonyl (C=O) groups is 1. The summed E-state index contributed by atoms with van der Waals surface area (Å²) in [6.07, 6.45) is 8.54. The van der Waals surface area contributed by atoms with Crippen LogP contribution in [0.3, 0.4) is 0 Å². The van der Waals surface area contributed by atoms with E-state index in [4.69, 9.17) is 23.2 Å². The highest BCUT2D eigenvalue weighted by atomic mass is 35.5. The second kappa shape index (κ2) is 13.6. The fourth-order valence-electron chi connectivity index (χ4n) is 4.07. The van der Waals surface area contributed by atoms with Crippen molar-refractivity contribution in [3.63, 3.8) is 0 Å². The molecule has 1 unspecified atom stereocenters. The number of hydrogen-bond donors (Lipinski definition) is 1. The molecule has 1 aliphatic rings. The number of benzene rings is 1. The SMILES string of the molecule is C=C1CC=C(Cl)C(CC(CCCC(=C)C(=O)Nc2cccc(C(=C)C)c2)C(=C)CCC)=C(Cl)C1. The number of hydrogen-bond acceptors (Lipinski definition) is 1. The summed E-state index contributed by atoms with van der Waals surface area (Å²) in [4.78, 5) is 12.7. The van der Waals surface area contributed by atoms with Gasteiger partial charge in [-0.25, -0.2) is 0 Å². The van der Waals surface area contributed by atoms with Crippen molar-refractivity contribution in [1.82, 2.24) is 0 Å². The van der Waals surface area contributed by atoms with Crippen LogP contribution in [-0.2, 0) is 4.79 Å². The number of nitrogens with one attached hydrogen (secondary N) is 1. The molecule has 1 aliphatic carbocycles. The zero-order valence-corrected chi connectivity index (χ0v) is 22.1. The maximum atomic E-state index is 12.7. The Bertz CT molecular complexity index is 1030. The first-order chi connectivity index (χ1) is 16.1. The maximum Gasteiger partial charge on any atom is 0.250 e. The van der Waals surface area contributed by atoms with Crippen molar-refractivity contribution >= 4 is 40.4 Å². The molecule has 182 valence electrons. The molecule has 2 rings (SSSR count). The average Bonchev–Trinajstić information content (AvgIpc) is 2.90. The summed E-state index contributed by atoms with van der Waals surface area (Å²) in [5.74, 6) is 0.0992. The van der Waals surface area contributed by atoms with E-state index < -0.39 is 0 Å². The fraction of sp³-hybridized carbons (Fsp3) is 0.367. The largest absolute Gasteiger partial charge is 0.322 e. The van der Waals surface area contributed by atoms with E-state index >= 15 is 0 Å². The minimum atomic E-state index is -0.151. The second-order valence-electron chi connectivity index (χ2n) is 9.19. The van der Waals surface area contributed by atoms with Crippen LogP contribution in [0.4, 0.5) is 5.69 Å². The fourth-order valence-corrected chi connectivity index (χ4v) is 4.76. The smallest absolute Gasteiger partial charge is 0.250 e. The minimum absolute atomic E-state index is 0.151. The highest BCUT2D eigenvalue weighted by Gasteiger charge is 2.21. The number of allylic oxidation sites excluding steroid dienone is 7. The summed E-state index contributed by atoms with van der Waals surface area (Å²) in [5, 5.41) is 4.45. The molecule has 0 fully saturated rings. The lowest BCUT2D eigenvalue weighted by molar-refractivity contribution is -0.113. The lowest BCUT2D eigenvalue weighted by atomic mass is 9.85. The van der Waals surface area contributed by atoms with E-state index in [0.29, 0.717) is 18.4 Å². The first-order valence-corrected chi connectivity index (χ1v) is 12.7. The van der Waals surface area contributed by atoms with Crippen LogP contribution in [0.5, 0.6) is 0 Å². The van der Waals surface area contributed by atoms with Crippen molar-refractivity contribution in [3.8, 4) is 0 Å². The molecule has 2 nitrogen and oxygen atoms in total. The molecule has 1 N–H and O–H groups in total. The van der Waals surface area contributed by atoms with Gasteiger partial charge in [-0.05, 0) is 74.6 Å². The van der Waals surface area contributed by atoms with Crippen LogP contribution in [0.25, 0.3) is 5.57 Å². The van der Waals surface area contributed by atoms with Gasteiger partial charge in [0.25, 0.3) is 5.91 Å². The third-order valence-electron chi connectivity index (χ3n) is 6.16. The molecule has 0 bridgehead atoms. The van der Waals surface area contributed by atoms with Crippen molar-refractivity contribution in [2.24, 2.45) is 5.92 Å². The molecule has 1 aromatic rings. The monoisotopic (exact) mass is 497 g/mol. The second-order valence-corrected chi connectivity index (χ2v) is 10.1. The van der Waals surface area contributed by atoms with Crippen LogP contribution in [0.2, 0.25) is 0 Å². The van der Waals surface area contributed by atoms with Gasteiger partial charge in [-0.3, -0.25) is 4.79 Å². The molecular weight excluding hydrogens is 461 g/mol. The van der Waals surface area contributed by atoms with Gasteiger partial charge in [0.05, 0.1) is 0 Å². The molecule has 0 radical (unpaired) electrons. The van der Waals surface area contributed by atoms with Crippen molar-refractivity contribution in [2.45, 2.75) is 65.2 Å². The Labute approximate surface area is 215 Å². The van der Waals surface area contributed by atoms with E-state index in [-0.39, 0.29) is 11.8 Å². The Morgan fingerprint density at radius 1 is 1.18 bits per heavy atom. The molecule has 0 aliphatic heterocycles. The quantitative estimate of drug-likeness (QED) is 0.226. The van der Waals surface area contributed by atoms with Gasteiger partial charge in [-0.15, -0.1) is 0 Å². The first-order valence-electron chi connectivity index (χ1n) is 11.9. The zero-order valence-electron chi connectivity index (χ0n) is 20.6. The number of halogens is 2. The standard InChI is InChI=1S/C30H37Cl2NO/c1-7-10-22(5)25(19-27-28(31)16-15-21(4)17-29(27)32)13-8-11-23(6)30(34)33-26-14-9-12-24(18-26)20(2)3/h9,12,14,16,18,25H,2,4-8,10-11,13,15,17,19H2,1,3H3,(H,33,34). The van der Waals surface area contributed by atoms with Crippen LogP contribution < -0.4 is 5.32 Å². The van der Waals surface area contributed by atoms with E-state index in [1.165, 1.54) is 5.57 Å². The lowest BCUT2D eigenvalue weighted by Crippen LogP contribution is -2.14. The van der Waals surface area contributed by atoms with Gasteiger partial charge >= 0.3 is 0 Å². The topological polar surface area (TPSA) is 29.1 Å². The van der Waals surface area contributed by atoms with Crippen molar-refractivity contribution in [1.29, 1.82) is 0 Å². The zero-order chi connectivity index (χ0) is 25.3. The minimum Gasteiger partial charge on any atom is -0.322 e. The lowest BCUT2D eigenvalue weighted by Gasteiger charge is -2.22. The van der Waals surface area contributed by atoms with Crippen molar-refractivity contribution in [3.05, 3.63) is 94.6 Å². The molecular formula is C30H37Cl2NO. The van der Waals surface area contributed by atoms with Gasteiger partial charge in [-0.1, -0.05) is 97.8 Å². The molecule has 4 heteroatoms. The number of amides is 1. The molecule has 1 amide bonds. The Hall–Kier alpha value is -2.29. The Kier molecular flexibility index (Phi) is 11.1. The van der Waals surface area contributed by atoms with Crippen LogP contribution in [0, 0.1) is 5.92 Å². The molecule has 0 aromatic heterocycles. The van der Waals surface area contributed by atoms with E-state index in [1.54, 1.807) is 0 Å². The summed E-state index contributed by atoms with van der Waals surface area (Å²) in [6, 6.07) is 7.69. The maximum absolute atomic E-state index is 12.7. The highest BCUT2D eigenvalue weighted by Crippen LogP contribution is 2.38. The van der Waals surface area contributed by atoms with Crippen molar-refractivity contribution < 1.29 is 4.79 Å². The van der Waals surface area contributed by atoms with E-state index in [9.17, 15) is 4.79 Å². The van der Waals surface area contributed by atoms with Gasteiger partial charge in [0.15, 0.2) is 0 Å². The van der Waals surface area contributed by atoms with Crippen LogP contribution in [0.1, 0.15) is 70.8 Å². The average molecular weight is 499 g/mol.